The van der Waals surface area contributed by atoms with E-state index in [1.807, 2.05) is 20.8 Å². The molecular formula is C22H28N4O5. The number of nitrogens with zero attached hydrogens (tertiary/aromatic N) is 3. The Labute approximate surface area is 181 Å². The maximum atomic E-state index is 12.3. The van der Waals surface area contributed by atoms with Gasteiger partial charge in [-0.05, 0) is 37.5 Å². The van der Waals surface area contributed by atoms with Gasteiger partial charge >= 0.3 is 11.9 Å². The van der Waals surface area contributed by atoms with E-state index in [1.165, 1.54) is 6.33 Å². The minimum absolute atomic E-state index is 0.113. The normalized spacial score (nSPS) is 11.7. The highest BCUT2D eigenvalue weighted by Gasteiger charge is 2.28. The number of rotatable bonds is 8. The molecule has 0 aliphatic rings. The summed E-state index contributed by atoms with van der Waals surface area (Å²) >= 11 is 0. The van der Waals surface area contributed by atoms with Gasteiger partial charge in [0.25, 0.3) is 0 Å². The monoisotopic (exact) mass is 428 g/mol. The van der Waals surface area contributed by atoms with Crippen LogP contribution in [0.5, 0.6) is 0 Å². The van der Waals surface area contributed by atoms with Crippen molar-refractivity contribution >= 4 is 46.5 Å². The molecular weight excluding hydrogens is 400 g/mol. The van der Waals surface area contributed by atoms with Gasteiger partial charge in [0.1, 0.15) is 6.33 Å². The Hall–Kier alpha value is -3.36. The van der Waals surface area contributed by atoms with Crippen LogP contribution in [0.2, 0.25) is 0 Å². The summed E-state index contributed by atoms with van der Waals surface area (Å²) < 4.78 is 9.88. The molecule has 1 N–H and O–H groups in total. The lowest BCUT2D eigenvalue weighted by Crippen LogP contribution is -2.29. The van der Waals surface area contributed by atoms with Gasteiger partial charge in [-0.2, -0.15) is 0 Å². The van der Waals surface area contributed by atoms with Crippen molar-refractivity contribution in [2.24, 2.45) is 16.3 Å². The van der Waals surface area contributed by atoms with Gasteiger partial charge < -0.3 is 14.8 Å². The van der Waals surface area contributed by atoms with E-state index in [4.69, 9.17) is 9.47 Å². The highest BCUT2D eigenvalue weighted by Crippen LogP contribution is 2.26. The Balaban J connectivity index is 2.34. The minimum atomic E-state index is -1.31. The first-order valence-corrected chi connectivity index (χ1v) is 10.1. The van der Waals surface area contributed by atoms with E-state index in [-0.39, 0.29) is 30.4 Å². The van der Waals surface area contributed by atoms with Crippen LogP contribution in [0.1, 0.15) is 41.0 Å². The smallest absolute Gasteiger partial charge is 0.325 e. The average molecular weight is 428 g/mol. The molecule has 2 rings (SSSR count). The number of carbonyl (C=O) groups excluding carboxylic acids is 3. The lowest BCUT2D eigenvalue weighted by Gasteiger charge is -2.17. The molecule has 9 heteroatoms. The first-order chi connectivity index (χ1) is 14.6. The third-order valence-corrected chi connectivity index (χ3v) is 4.02. The second-order valence-electron chi connectivity index (χ2n) is 7.97. The number of ether oxygens (including phenoxy) is 2. The Bertz CT molecular complexity index is 964. The Kier molecular flexibility index (Phi) is 8.18. The molecule has 0 fully saturated rings. The molecule has 1 aromatic carbocycles. The zero-order valence-corrected chi connectivity index (χ0v) is 18.5. The molecule has 31 heavy (non-hydrogen) atoms. The number of hydrogen-bond acceptors (Lipinski definition) is 8. The molecule has 166 valence electrons. The average Bonchev–Trinajstić information content (AvgIpc) is 2.67. The lowest BCUT2D eigenvalue weighted by atomic mass is 9.92. The van der Waals surface area contributed by atoms with Gasteiger partial charge in [0.05, 0.1) is 18.7 Å². The number of anilines is 1. The van der Waals surface area contributed by atoms with Gasteiger partial charge in [0.2, 0.25) is 5.91 Å². The van der Waals surface area contributed by atoms with E-state index in [2.05, 4.69) is 20.3 Å². The van der Waals surface area contributed by atoms with E-state index < -0.39 is 17.9 Å². The quantitative estimate of drug-likeness (QED) is 0.388. The van der Waals surface area contributed by atoms with Gasteiger partial charge in [-0.1, -0.05) is 20.8 Å². The van der Waals surface area contributed by atoms with E-state index in [0.717, 1.165) is 6.21 Å². The molecule has 1 heterocycles. The zero-order valence-electron chi connectivity index (χ0n) is 18.5. The molecule has 1 amide bonds. The predicted molar refractivity (Wildman–Crippen MR) is 117 cm³/mol. The number of fused-ring (bicyclic) bond motifs is 1. The molecule has 0 aliphatic heterocycles. The summed E-state index contributed by atoms with van der Waals surface area (Å²) in [6.07, 6.45) is 2.85. The second kappa shape index (κ2) is 10.6. The van der Waals surface area contributed by atoms with Crippen molar-refractivity contribution in [3.63, 3.8) is 0 Å². The molecule has 0 aliphatic carbocycles. The maximum Gasteiger partial charge on any atom is 0.325 e. The van der Waals surface area contributed by atoms with E-state index in [0.29, 0.717) is 23.0 Å². The van der Waals surface area contributed by atoms with Gasteiger partial charge in [-0.25, -0.2) is 15.0 Å². The van der Waals surface area contributed by atoms with E-state index >= 15 is 0 Å². The van der Waals surface area contributed by atoms with Gasteiger partial charge in [0, 0.05) is 23.7 Å². The molecule has 2 aromatic rings. The fourth-order valence-corrected chi connectivity index (χ4v) is 2.74. The van der Waals surface area contributed by atoms with Crippen LogP contribution >= 0.6 is 0 Å². The van der Waals surface area contributed by atoms with Crippen LogP contribution in [0.4, 0.5) is 11.5 Å². The minimum Gasteiger partial charge on any atom is -0.465 e. The molecule has 9 nitrogen and oxygen atoms in total. The van der Waals surface area contributed by atoms with E-state index in [9.17, 15) is 14.4 Å². The van der Waals surface area contributed by atoms with Gasteiger partial charge in [0.15, 0.2) is 11.7 Å². The van der Waals surface area contributed by atoms with Crippen LogP contribution in [0.3, 0.4) is 0 Å². The van der Waals surface area contributed by atoms with E-state index in [1.54, 1.807) is 32.0 Å². The first-order valence-electron chi connectivity index (χ1n) is 10.1. The third-order valence-electron chi connectivity index (χ3n) is 4.02. The lowest BCUT2D eigenvalue weighted by molar-refractivity contribution is -0.157. The number of esters is 2. The molecule has 0 saturated carbocycles. The predicted octanol–water partition coefficient (Wildman–Crippen LogP) is 3.45. The van der Waals surface area contributed by atoms with Crippen LogP contribution in [0.25, 0.3) is 10.9 Å². The van der Waals surface area contributed by atoms with Crippen molar-refractivity contribution in [3.05, 3.63) is 24.5 Å². The van der Waals surface area contributed by atoms with Crippen LogP contribution in [0.15, 0.2) is 29.5 Å². The number of aliphatic imine (C=N–C) groups is 1. The molecule has 0 radical (unpaired) electrons. The summed E-state index contributed by atoms with van der Waals surface area (Å²) in [5.74, 6) is -2.68. The highest BCUT2D eigenvalue weighted by atomic mass is 16.6. The third kappa shape index (κ3) is 7.13. The molecule has 1 aromatic heterocycles. The van der Waals surface area contributed by atoms with Crippen molar-refractivity contribution in [3.8, 4) is 0 Å². The van der Waals surface area contributed by atoms with Crippen LogP contribution in [-0.4, -0.2) is 47.2 Å². The fourth-order valence-electron chi connectivity index (χ4n) is 2.74. The first kappa shape index (κ1) is 23.9. The van der Waals surface area contributed by atoms with Crippen molar-refractivity contribution in [2.45, 2.75) is 41.0 Å². The molecule has 0 atom stereocenters. The standard InChI is InChI=1S/C22H28N4O5/c1-6-30-20(28)16(21(29)31-7-2)12-23-19-15-10-14(8-9-17(15)24-13-25-19)26-18(27)11-22(3,4)5/h8-10,12-13,16H,6-7,11H2,1-5H3,(H,26,27). The summed E-state index contributed by atoms with van der Waals surface area (Å²) in [4.78, 5) is 49.1. The second-order valence-corrected chi connectivity index (χ2v) is 7.97. The largest absolute Gasteiger partial charge is 0.465 e. The SMILES string of the molecule is CCOC(=O)C(C=Nc1ncnc2ccc(NC(=O)CC(C)(C)C)cc12)C(=O)OCC. The number of benzene rings is 1. The number of hydrogen-bond donors (Lipinski definition) is 1. The van der Waals surface area contributed by atoms with Crippen molar-refractivity contribution in [1.82, 2.24) is 9.97 Å². The van der Waals surface area contributed by atoms with Crippen LogP contribution in [0, 0.1) is 11.3 Å². The van der Waals surface area contributed by atoms with Gasteiger partial charge in [-0.15, -0.1) is 0 Å². The topological polar surface area (TPSA) is 120 Å². The number of nitrogens with one attached hydrogen (secondary N) is 1. The van der Waals surface area contributed by atoms with Crippen molar-refractivity contribution in [2.75, 3.05) is 18.5 Å². The summed E-state index contributed by atoms with van der Waals surface area (Å²) in [6.45, 7) is 9.48. The Morgan fingerprint density at radius 1 is 1.10 bits per heavy atom. The summed E-state index contributed by atoms with van der Waals surface area (Å²) in [7, 11) is 0. The van der Waals surface area contributed by atoms with Crippen molar-refractivity contribution < 1.29 is 23.9 Å². The molecule has 0 bridgehead atoms. The van der Waals surface area contributed by atoms with Crippen molar-refractivity contribution in [1.29, 1.82) is 0 Å². The Morgan fingerprint density at radius 3 is 2.32 bits per heavy atom. The molecule has 0 saturated heterocycles. The fraction of sp³-hybridized carbons (Fsp3) is 0.455. The number of aromatic nitrogens is 2. The molecule has 0 spiro atoms. The van der Waals surface area contributed by atoms with Crippen LogP contribution in [-0.2, 0) is 23.9 Å². The number of amides is 1. The summed E-state index contributed by atoms with van der Waals surface area (Å²) in [5, 5.41) is 3.41. The zero-order chi connectivity index (χ0) is 23.0. The summed E-state index contributed by atoms with van der Waals surface area (Å²) in [5.41, 5.74) is 1.02. The Morgan fingerprint density at radius 2 is 1.74 bits per heavy atom. The maximum absolute atomic E-state index is 12.3. The highest BCUT2D eigenvalue weighted by molar-refractivity contribution is 6.10. The van der Waals surface area contributed by atoms with Gasteiger partial charge in [-0.3, -0.25) is 14.4 Å². The number of carbonyl (C=O) groups is 3. The van der Waals surface area contributed by atoms with Crippen LogP contribution < -0.4 is 5.32 Å². The summed E-state index contributed by atoms with van der Waals surface area (Å²) in [6, 6.07) is 5.17. The molecule has 0 unspecified atom stereocenters.